The molecule has 0 aromatic heterocycles. The Balaban J connectivity index is 1.41. The molecule has 0 saturated carbocycles. The van der Waals surface area contributed by atoms with E-state index in [0.717, 1.165) is 50.5 Å². The zero-order valence-corrected chi connectivity index (χ0v) is 17.9. The van der Waals surface area contributed by atoms with Crippen molar-refractivity contribution in [1.82, 2.24) is 9.80 Å². The second-order valence-electron chi connectivity index (χ2n) is 7.99. The van der Waals surface area contributed by atoms with Crippen LogP contribution in [0.3, 0.4) is 0 Å². The smallest absolute Gasteiger partial charge is 0.225 e. The minimum Gasteiger partial charge on any atom is -0.493 e. The highest BCUT2D eigenvalue weighted by atomic mass is 32.2. The second kappa shape index (κ2) is 7.91. The zero-order valence-electron chi connectivity index (χ0n) is 17.1. The van der Waals surface area contributed by atoms with Crippen LogP contribution >= 0.6 is 0 Å². The first-order valence-electron chi connectivity index (χ1n) is 10.1. The van der Waals surface area contributed by atoms with Crippen molar-refractivity contribution in [2.24, 2.45) is 9.98 Å². The third-order valence-electron chi connectivity index (χ3n) is 6.01. The Kier molecular flexibility index (Phi) is 5.48. The van der Waals surface area contributed by atoms with Crippen LogP contribution in [0.5, 0.6) is 5.75 Å². The predicted octanol–water partition coefficient (Wildman–Crippen LogP) is 2.06. The molecule has 7 nitrogen and oxygen atoms in total. The van der Waals surface area contributed by atoms with Crippen molar-refractivity contribution in [2.75, 3.05) is 44.3 Å². The van der Waals surface area contributed by atoms with Crippen LogP contribution in [0.4, 0.5) is 0 Å². The fraction of sp³-hybridized carbons (Fsp3) is 0.524. The Morgan fingerprint density at radius 1 is 1.21 bits per heavy atom. The predicted molar refractivity (Wildman–Crippen MR) is 116 cm³/mol. The summed E-state index contributed by atoms with van der Waals surface area (Å²) in [5.41, 5.74) is 3.98. The molecule has 0 aliphatic carbocycles. The summed E-state index contributed by atoms with van der Waals surface area (Å²) in [5, 5.41) is 0. The van der Waals surface area contributed by atoms with Crippen molar-refractivity contribution in [3.05, 3.63) is 40.6 Å². The summed E-state index contributed by atoms with van der Waals surface area (Å²) in [6.45, 7) is 11.8. The number of rotatable bonds is 3. The molecule has 1 atom stereocenters. The van der Waals surface area contributed by atoms with Crippen LogP contribution in [0, 0.1) is 0 Å². The van der Waals surface area contributed by atoms with Gasteiger partial charge in [0.05, 0.1) is 23.8 Å². The molecule has 1 unspecified atom stereocenters. The number of fused-ring (bicyclic) bond motifs is 1. The van der Waals surface area contributed by atoms with E-state index in [1.54, 1.807) is 0 Å². The van der Waals surface area contributed by atoms with Gasteiger partial charge in [-0.25, -0.2) is 18.4 Å². The van der Waals surface area contributed by atoms with Crippen molar-refractivity contribution in [3.8, 4) is 5.75 Å². The van der Waals surface area contributed by atoms with Crippen LogP contribution in [0.2, 0.25) is 0 Å². The summed E-state index contributed by atoms with van der Waals surface area (Å²) in [6.07, 6.45) is 0.997. The van der Waals surface area contributed by atoms with Gasteiger partial charge >= 0.3 is 0 Å². The molecule has 1 aromatic rings. The van der Waals surface area contributed by atoms with Gasteiger partial charge in [0.25, 0.3) is 0 Å². The highest BCUT2D eigenvalue weighted by molar-refractivity contribution is 7.92. The Morgan fingerprint density at radius 2 is 1.97 bits per heavy atom. The van der Waals surface area contributed by atoms with E-state index in [4.69, 9.17) is 4.74 Å². The van der Waals surface area contributed by atoms with Gasteiger partial charge in [0.2, 0.25) is 5.96 Å². The van der Waals surface area contributed by atoms with Crippen molar-refractivity contribution >= 4 is 22.5 Å². The molecule has 0 amide bonds. The van der Waals surface area contributed by atoms with Crippen LogP contribution in [0.15, 0.2) is 39.5 Å². The Hall–Kier alpha value is -2.19. The van der Waals surface area contributed by atoms with Gasteiger partial charge in [0, 0.05) is 38.6 Å². The van der Waals surface area contributed by atoms with E-state index in [0.29, 0.717) is 17.7 Å². The SMILES string of the molecule is C=N/C(=N\C1=C(C)CS(=O)(=O)C1)N1CCN(C(C)c2ccc3c(c2)OCC3)CC1. The van der Waals surface area contributed by atoms with E-state index in [9.17, 15) is 8.42 Å². The first-order valence-corrected chi connectivity index (χ1v) is 11.9. The highest BCUT2D eigenvalue weighted by Gasteiger charge is 2.28. The number of hydrogen-bond acceptors (Lipinski definition) is 5. The molecule has 1 aromatic carbocycles. The standard InChI is InChI=1S/C21H28N4O3S/c1-15-13-29(26,27)14-19(15)23-21(22-3)25-9-7-24(8-10-25)16(2)18-5-4-17-6-11-28-20(17)12-18/h4-5,12,16H,3,6-11,13-14H2,1-2H3/b23-21+. The normalized spacial score (nSPS) is 23.1. The lowest BCUT2D eigenvalue weighted by atomic mass is 10.0. The number of nitrogens with zero attached hydrogens (tertiary/aromatic N) is 4. The number of ether oxygens (including phenoxy) is 1. The molecule has 0 spiro atoms. The van der Waals surface area contributed by atoms with E-state index in [2.05, 4.69) is 51.6 Å². The molecule has 0 N–H and O–H groups in total. The Morgan fingerprint density at radius 3 is 2.62 bits per heavy atom. The lowest BCUT2D eigenvalue weighted by Crippen LogP contribution is -2.49. The average molecular weight is 417 g/mol. The van der Waals surface area contributed by atoms with Gasteiger partial charge in [-0.15, -0.1) is 0 Å². The van der Waals surface area contributed by atoms with Crippen molar-refractivity contribution in [3.63, 3.8) is 0 Å². The fourth-order valence-electron chi connectivity index (χ4n) is 4.21. The van der Waals surface area contributed by atoms with Crippen molar-refractivity contribution in [1.29, 1.82) is 0 Å². The number of hydrogen-bond donors (Lipinski definition) is 0. The summed E-state index contributed by atoms with van der Waals surface area (Å²) < 4.78 is 29.4. The molecule has 1 saturated heterocycles. The van der Waals surface area contributed by atoms with Crippen LogP contribution < -0.4 is 4.74 Å². The largest absolute Gasteiger partial charge is 0.493 e. The topological polar surface area (TPSA) is 74.6 Å². The molecule has 0 radical (unpaired) electrons. The van der Waals surface area contributed by atoms with E-state index in [-0.39, 0.29) is 11.5 Å². The zero-order chi connectivity index (χ0) is 20.6. The summed E-state index contributed by atoms with van der Waals surface area (Å²) in [4.78, 5) is 13.2. The molecule has 156 valence electrons. The molecule has 29 heavy (non-hydrogen) atoms. The molecule has 3 aliphatic heterocycles. The fourth-order valence-corrected chi connectivity index (χ4v) is 5.87. The number of aliphatic imine (C=N–C) groups is 2. The number of guanidine groups is 1. The van der Waals surface area contributed by atoms with Crippen molar-refractivity contribution < 1.29 is 13.2 Å². The van der Waals surface area contributed by atoms with Gasteiger partial charge in [0.1, 0.15) is 5.75 Å². The maximum atomic E-state index is 11.8. The average Bonchev–Trinajstić information content (AvgIpc) is 3.27. The van der Waals surface area contributed by atoms with Gasteiger partial charge < -0.3 is 9.64 Å². The third kappa shape index (κ3) is 4.23. The van der Waals surface area contributed by atoms with Crippen LogP contribution in [-0.2, 0) is 16.3 Å². The maximum Gasteiger partial charge on any atom is 0.225 e. The molecule has 8 heteroatoms. The molecule has 0 bridgehead atoms. The Bertz CT molecular complexity index is 976. The molecule has 3 aliphatic rings. The molecular weight excluding hydrogens is 388 g/mol. The van der Waals surface area contributed by atoms with Gasteiger partial charge in [0.15, 0.2) is 9.84 Å². The molecule has 4 rings (SSSR count). The van der Waals surface area contributed by atoms with Gasteiger partial charge in [-0.1, -0.05) is 12.1 Å². The van der Waals surface area contributed by atoms with Gasteiger partial charge in [-0.3, -0.25) is 4.90 Å². The number of piperazine rings is 1. The highest BCUT2D eigenvalue weighted by Crippen LogP contribution is 2.31. The molecule has 3 heterocycles. The number of sulfone groups is 1. The monoisotopic (exact) mass is 416 g/mol. The van der Waals surface area contributed by atoms with Crippen LogP contribution in [0.1, 0.15) is 31.0 Å². The summed E-state index contributed by atoms with van der Waals surface area (Å²) in [6, 6.07) is 6.86. The van der Waals surface area contributed by atoms with E-state index in [1.165, 1.54) is 11.1 Å². The quantitative estimate of drug-likeness (QED) is 0.557. The van der Waals surface area contributed by atoms with Crippen LogP contribution in [-0.4, -0.2) is 75.2 Å². The minimum atomic E-state index is -3.06. The van der Waals surface area contributed by atoms with Gasteiger partial charge in [-0.2, -0.15) is 0 Å². The second-order valence-corrected chi connectivity index (χ2v) is 10.1. The van der Waals surface area contributed by atoms with E-state index < -0.39 is 9.84 Å². The molecule has 1 fully saturated rings. The van der Waals surface area contributed by atoms with Gasteiger partial charge in [-0.05, 0) is 43.3 Å². The summed E-state index contributed by atoms with van der Waals surface area (Å²) in [5.74, 6) is 1.63. The first-order chi connectivity index (χ1) is 13.9. The summed E-state index contributed by atoms with van der Waals surface area (Å²) in [7, 11) is -3.06. The molecular formula is C21H28N4O3S. The Labute approximate surface area is 172 Å². The lowest BCUT2D eigenvalue weighted by molar-refractivity contribution is 0.140. The maximum absolute atomic E-state index is 11.8. The minimum absolute atomic E-state index is 0.00471. The van der Waals surface area contributed by atoms with E-state index in [1.807, 2.05) is 6.92 Å². The number of benzene rings is 1. The van der Waals surface area contributed by atoms with Crippen molar-refractivity contribution in [2.45, 2.75) is 26.3 Å². The first kappa shape index (κ1) is 20.1. The lowest BCUT2D eigenvalue weighted by Gasteiger charge is -2.38. The van der Waals surface area contributed by atoms with Crippen LogP contribution in [0.25, 0.3) is 0 Å². The third-order valence-corrected chi connectivity index (χ3v) is 7.60. The summed E-state index contributed by atoms with van der Waals surface area (Å²) >= 11 is 0. The van der Waals surface area contributed by atoms with E-state index >= 15 is 0 Å².